The SMILES string of the molecule is COc1cc(C2CCNCC2)cc(C(C)(F)F)c1OC. The molecular weight excluding hydrogens is 264 g/mol. The fourth-order valence-corrected chi connectivity index (χ4v) is 2.70. The molecule has 0 spiro atoms. The van der Waals surface area contributed by atoms with Crippen LogP contribution >= 0.6 is 0 Å². The maximum absolute atomic E-state index is 13.8. The molecule has 3 nitrogen and oxygen atoms in total. The van der Waals surface area contributed by atoms with Crippen molar-refractivity contribution < 1.29 is 18.3 Å². The minimum absolute atomic E-state index is 0.104. The van der Waals surface area contributed by atoms with E-state index in [-0.39, 0.29) is 17.2 Å². The lowest BCUT2D eigenvalue weighted by Gasteiger charge is -2.26. The summed E-state index contributed by atoms with van der Waals surface area (Å²) in [6.07, 6.45) is 1.90. The molecule has 0 radical (unpaired) electrons. The first kappa shape index (κ1) is 15.0. The van der Waals surface area contributed by atoms with Crippen molar-refractivity contribution >= 4 is 0 Å². The predicted octanol–water partition coefficient (Wildman–Crippen LogP) is 3.28. The second-order valence-corrected chi connectivity index (χ2v) is 5.22. The van der Waals surface area contributed by atoms with E-state index in [9.17, 15) is 8.78 Å². The minimum Gasteiger partial charge on any atom is -0.493 e. The van der Waals surface area contributed by atoms with Gasteiger partial charge in [0.2, 0.25) is 0 Å². The number of methoxy groups -OCH3 is 2. The van der Waals surface area contributed by atoms with Crippen molar-refractivity contribution in [1.82, 2.24) is 5.32 Å². The number of ether oxygens (including phenoxy) is 2. The first-order valence-corrected chi connectivity index (χ1v) is 6.82. The summed E-state index contributed by atoms with van der Waals surface area (Å²) < 4.78 is 38.0. The number of hydrogen-bond acceptors (Lipinski definition) is 3. The molecule has 112 valence electrons. The molecule has 5 heteroatoms. The van der Waals surface area contributed by atoms with Crippen LogP contribution in [0.3, 0.4) is 0 Å². The van der Waals surface area contributed by atoms with E-state index in [1.807, 2.05) is 6.07 Å². The van der Waals surface area contributed by atoms with Gasteiger partial charge in [-0.05, 0) is 49.5 Å². The van der Waals surface area contributed by atoms with Crippen LogP contribution in [0.5, 0.6) is 11.5 Å². The van der Waals surface area contributed by atoms with Crippen molar-refractivity contribution in [2.45, 2.75) is 31.6 Å². The summed E-state index contributed by atoms with van der Waals surface area (Å²) in [5, 5.41) is 3.28. The van der Waals surface area contributed by atoms with Crippen LogP contribution in [0.1, 0.15) is 36.8 Å². The van der Waals surface area contributed by atoms with E-state index in [1.54, 1.807) is 6.07 Å². The van der Waals surface area contributed by atoms with Gasteiger partial charge in [-0.25, -0.2) is 8.78 Å². The third-order valence-corrected chi connectivity index (χ3v) is 3.78. The number of halogens is 2. The first-order chi connectivity index (χ1) is 9.47. The molecule has 0 bridgehead atoms. The van der Waals surface area contributed by atoms with Gasteiger partial charge in [-0.3, -0.25) is 0 Å². The van der Waals surface area contributed by atoms with E-state index >= 15 is 0 Å². The highest BCUT2D eigenvalue weighted by Crippen LogP contribution is 2.43. The Balaban J connectivity index is 2.48. The van der Waals surface area contributed by atoms with E-state index in [1.165, 1.54) is 14.2 Å². The highest BCUT2D eigenvalue weighted by Gasteiger charge is 2.32. The van der Waals surface area contributed by atoms with Crippen LogP contribution in [-0.2, 0) is 5.92 Å². The highest BCUT2D eigenvalue weighted by atomic mass is 19.3. The lowest BCUT2D eigenvalue weighted by Crippen LogP contribution is -2.26. The molecule has 0 unspecified atom stereocenters. The van der Waals surface area contributed by atoms with Crippen molar-refractivity contribution in [1.29, 1.82) is 0 Å². The number of hydrogen-bond donors (Lipinski definition) is 1. The molecule has 1 heterocycles. The molecule has 1 saturated heterocycles. The molecular formula is C15H21F2NO2. The molecule has 20 heavy (non-hydrogen) atoms. The maximum Gasteiger partial charge on any atom is 0.274 e. The first-order valence-electron chi connectivity index (χ1n) is 6.82. The van der Waals surface area contributed by atoms with Gasteiger partial charge in [-0.2, -0.15) is 0 Å². The Morgan fingerprint density at radius 3 is 2.30 bits per heavy atom. The molecule has 0 saturated carbocycles. The number of piperidine rings is 1. The zero-order valence-electron chi connectivity index (χ0n) is 12.1. The van der Waals surface area contributed by atoms with E-state index in [0.29, 0.717) is 5.75 Å². The van der Waals surface area contributed by atoms with Gasteiger partial charge in [0, 0.05) is 6.92 Å². The van der Waals surface area contributed by atoms with Crippen molar-refractivity contribution in [3.63, 3.8) is 0 Å². The summed E-state index contributed by atoms with van der Waals surface area (Å²) in [6, 6.07) is 3.39. The van der Waals surface area contributed by atoms with Crippen LogP contribution in [0.4, 0.5) is 8.78 Å². The van der Waals surface area contributed by atoms with Gasteiger partial charge >= 0.3 is 0 Å². The van der Waals surface area contributed by atoms with Gasteiger partial charge in [0.05, 0.1) is 19.8 Å². The zero-order valence-corrected chi connectivity index (χ0v) is 12.1. The summed E-state index contributed by atoms with van der Waals surface area (Å²) >= 11 is 0. The van der Waals surface area contributed by atoms with Crippen LogP contribution in [-0.4, -0.2) is 27.3 Å². The van der Waals surface area contributed by atoms with Gasteiger partial charge in [-0.1, -0.05) is 0 Å². The summed E-state index contributed by atoms with van der Waals surface area (Å²) in [4.78, 5) is 0. The Hall–Kier alpha value is -1.36. The van der Waals surface area contributed by atoms with Crippen LogP contribution in [0.2, 0.25) is 0 Å². The summed E-state index contributed by atoms with van der Waals surface area (Å²) in [5.41, 5.74) is 0.800. The third-order valence-electron chi connectivity index (χ3n) is 3.78. The predicted molar refractivity (Wildman–Crippen MR) is 74.0 cm³/mol. The number of nitrogens with one attached hydrogen (secondary N) is 1. The van der Waals surface area contributed by atoms with Crippen LogP contribution < -0.4 is 14.8 Å². The van der Waals surface area contributed by atoms with Crippen molar-refractivity contribution in [3.05, 3.63) is 23.3 Å². The molecule has 0 aliphatic carbocycles. The van der Waals surface area contributed by atoms with Crippen LogP contribution in [0.25, 0.3) is 0 Å². The Bertz CT molecular complexity index is 466. The molecule has 1 aliphatic heterocycles. The third kappa shape index (κ3) is 3.03. The Morgan fingerprint density at radius 1 is 1.15 bits per heavy atom. The van der Waals surface area contributed by atoms with Gasteiger partial charge < -0.3 is 14.8 Å². The Kier molecular flexibility index (Phi) is 4.48. The quantitative estimate of drug-likeness (QED) is 0.921. The average Bonchev–Trinajstić information content (AvgIpc) is 2.45. The highest BCUT2D eigenvalue weighted by molar-refractivity contribution is 5.52. The minimum atomic E-state index is -2.96. The standard InChI is InChI=1S/C15H21F2NO2/c1-15(16,17)12-8-11(10-4-6-18-7-5-10)9-13(19-2)14(12)20-3/h8-10,18H,4-7H2,1-3H3. The van der Waals surface area contributed by atoms with E-state index < -0.39 is 5.92 Å². The van der Waals surface area contributed by atoms with Crippen molar-refractivity contribution in [2.24, 2.45) is 0 Å². The zero-order chi connectivity index (χ0) is 14.8. The molecule has 1 aromatic rings. The van der Waals surface area contributed by atoms with E-state index in [2.05, 4.69) is 5.32 Å². The molecule has 1 aromatic carbocycles. The lowest BCUT2D eigenvalue weighted by molar-refractivity contribution is 0.0146. The lowest BCUT2D eigenvalue weighted by atomic mass is 9.88. The number of benzene rings is 1. The molecule has 0 aromatic heterocycles. The van der Waals surface area contributed by atoms with Crippen LogP contribution in [0.15, 0.2) is 12.1 Å². The van der Waals surface area contributed by atoms with Crippen LogP contribution in [0, 0.1) is 0 Å². The molecule has 1 aliphatic rings. The van der Waals surface area contributed by atoms with Gasteiger partial charge in [-0.15, -0.1) is 0 Å². The van der Waals surface area contributed by atoms with Crippen molar-refractivity contribution in [3.8, 4) is 11.5 Å². The van der Waals surface area contributed by atoms with Crippen molar-refractivity contribution in [2.75, 3.05) is 27.3 Å². The normalized spacial score (nSPS) is 17.1. The maximum atomic E-state index is 13.8. The average molecular weight is 285 g/mol. The number of alkyl halides is 2. The summed E-state index contributed by atoms with van der Waals surface area (Å²) in [7, 11) is 2.86. The fraction of sp³-hybridized carbons (Fsp3) is 0.600. The summed E-state index contributed by atoms with van der Waals surface area (Å²) in [6.45, 7) is 2.71. The molecule has 1 N–H and O–H groups in total. The van der Waals surface area contributed by atoms with E-state index in [4.69, 9.17) is 9.47 Å². The second-order valence-electron chi connectivity index (χ2n) is 5.22. The molecule has 0 atom stereocenters. The fourth-order valence-electron chi connectivity index (χ4n) is 2.70. The second kappa shape index (κ2) is 5.95. The molecule has 2 rings (SSSR count). The van der Waals surface area contributed by atoms with E-state index in [0.717, 1.165) is 38.4 Å². The van der Waals surface area contributed by atoms with Gasteiger partial charge in [0.1, 0.15) is 0 Å². The Labute approximate surface area is 118 Å². The largest absolute Gasteiger partial charge is 0.493 e. The topological polar surface area (TPSA) is 30.5 Å². The smallest absolute Gasteiger partial charge is 0.274 e. The van der Waals surface area contributed by atoms with Gasteiger partial charge in [0.25, 0.3) is 5.92 Å². The Morgan fingerprint density at radius 2 is 1.80 bits per heavy atom. The summed E-state index contributed by atoms with van der Waals surface area (Å²) in [5.74, 6) is -2.17. The van der Waals surface area contributed by atoms with Gasteiger partial charge in [0.15, 0.2) is 11.5 Å². The number of rotatable bonds is 4. The molecule has 0 amide bonds. The monoisotopic (exact) mass is 285 g/mol. The molecule has 1 fully saturated rings.